The molecule has 0 unspecified atom stereocenters. The van der Waals surface area contributed by atoms with Crippen molar-refractivity contribution in [3.05, 3.63) is 18.2 Å². The maximum atomic E-state index is 5.87. The maximum absolute atomic E-state index is 5.87. The quantitative estimate of drug-likeness (QED) is 0.772. The van der Waals surface area contributed by atoms with Crippen LogP contribution in [-0.2, 0) is 0 Å². The van der Waals surface area contributed by atoms with Crippen molar-refractivity contribution in [3.8, 4) is 11.5 Å². The smallest absolute Gasteiger partial charge is 0.184 e. The lowest BCUT2D eigenvalue weighted by Crippen LogP contribution is -2.09. The molecule has 15 heavy (non-hydrogen) atoms. The topological polar surface area (TPSA) is 44.5 Å². The Morgan fingerprint density at radius 3 is 2.67 bits per heavy atom. The lowest BCUT2D eigenvalue weighted by Gasteiger charge is -2.16. The summed E-state index contributed by atoms with van der Waals surface area (Å²) in [7, 11) is 0. The summed E-state index contributed by atoms with van der Waals surface area (Å²) in [5.74, 6) is 1.45. The third-order valence-electron chi connectivity index (χ3n) is 2.18. The molecule has 0 saturated heterocycles. The first-order valence-electron chi connectivity index (χ1n) is 5.38. The van der Waals surface area contributed by atoms with Gasteiger partial charge < -0.3 is 15.2 Å². The molecule has 1 aromatic carbocycles. The second-order valence-electron chi connectivity index (χ2n) is 4.16. The first-order valence-corrected chi connectivity index (χ1v) is 5.38. The predicted octanol–water partition coefficient (Wildman–Crippen LogP) is 2.60. The zero-order chi connectivity index (χ0) is 10.8. The lowest BCUT2D eigenvalue weighted by molar-refractivity contribution is 0.218. The van der Waals surface area contributed by atoms with Gasteiger partial charge in [0.1, 0.15) is 0 Å². The van der Waals surface area contributed by atoms with Crippen molar-refractivity contribution in [1.29, 1.82) is 0 Å². The molecule has 0 radical (unpaired) electrons. The van der Waals surface area contributed by atoms with Crippen LogP contribution in [0, 0.1) is 0 Å². The van der Waals surface area contributed by atoms with Crippen LogP contribution in [0.4, 0.5) is 5.69 Å². The van der Waals surface area contributed by atoms with Gasteiger partial charge in [-0.1, -0.05) is 6.07 Å². The number of hydrogen-bond donors (Lipinski definition) is 1. The highest BCUT2D eigenvalue weighted by Gasteiger charge is 2.26. The van der Waals surface area contributed by atoms with E-state index in [-0.39, 0.29) is 6.10 Å². The maximum Gasteiger partial charge on any atom is 0.184 e. The molecule has 0 atom stereocenters. The molecule has 0 amide bonds. The van der Waals surface area contributed by atoms with Crippen molar-refractivity contribution in [2.24, 2.45) is 0 Å². The standard InChI is InChI=1S/C12H17NO2/c1-8(2)14-11-5-3-4-10(13)12(11)15-9-6-7-9/h3-5,8-9H,6-7,13H2,1-2H3. The number of benzene rings is 1. The number of rotatable bonds is 4. The Kier molecular flexibility index (Phi) is 2.71. The first kappa shape index (κ1) is 10.1. The van der Waals surface area contributed by atoms with E-state index in [9.17, 15) is 0 Å². The van der Waals surface area contributed by atoms with Gasteiger partial charge in [0, 0.05) is 0 Å². The SMILES string of the molecule is CC(C)Oc1cccc(N)c1OC1CC1. The fourth-order valence-corrected chi connectivity index (χ4v) is 1.36. The van der Waals surface area contributed by atoms with Crippen molar-refractivity contribution in [1.82, 2.24) is 0 Å². The van der Waals surface area contributed by atoms with Gasteiger partial charge in [0.05, 0.1) is 17.9 Å². The van der Waals surface area contributed by atoms with Crippen molar-refractivity contribution in [2.45, 2.75) is 38.9 Å². The van der Waals surface area contributed by atoms with Crippen LogP contribution in [0.1, 0.15) is 26.7 Å². The third kappa shape index (κ3) is 2.55. The highest BCUT2D eigenvalue weighted by molar-refractivity contribution is 5.60. The summed E-state index contributed by atoms with van der Waals surface area (Å²) in [4.78, 5) is 0. The third-order valence-corrected chi connectivity index (χ3v) is 2.18. The molecular weight excluding hydrogens is 190 g/mol. The summed E-state index contributed by atoms with van der Waals surface area (Å²) in [5.41, 5.74) is 6.52. The minimum Gasteiger partial charge on any atom is -0.487 e. The molecule has 1 aliphatic carbocycles. The van der Waals surface area contributed by atoms with Crippen LogP contribution in [0.2, 0.25) is 0 Å². The Morgan fingerprint density at radius 1 is 1.33 bits per heavy atom. The van der Waals surface area contributed by atoms with E-state index < -0.39 is 0 Å². The van der Waals surface area contributed by atoms with E-state index in [2.05, 4.69) is 0 Å². The van der Waals surface area contributed by atoms with Gasteiger partial charge in [0.2, 0.25) is 0 Å². The monoisotopic (exact) mass is 207 g/mol. The lowest BCUT2D eigenvalue weighted by atomic mass is 10.2. The highest BCUT2D eigenvalue weighted by atomic mass is 16.5. The molecule has 1 fully saturated rings. The van der Waals surface area contributed by atoms with Gasteiger partial charge in [-0.25, -0.2) is 0 Å². The molecule has 2 N–H and O–H groups in total. The summed E-state index contributed by atoms with van der Waals surface area (Å²) in [6, 6.07) is 5.62. The summed E-state index contributed by atoms with van der Waals surface area (Å²) in [6.45, 7) is 3.98. The van der Waals surface area contributed by atoms with Gasteiger partial charge in [-0.2, -0.15) is 0 Å². The van der Waals surface area contributed by atoms with Gasteiger partial charge in [0.15, 0.2) is 11.5 Å². The Balaban J connectivity index is 2.21. The van der Waals surface area contributed by atoms with Crippen LogP contribution in [0.25, 0.3) is 0 Å². The van der Waals surface area contributed by atoms with Gasteiger partial charge >= 0.3 is 0 Å². The van der Waals surface area contributed by atoms with Crippen molar-refractivity contribution in [2.75, 3.05) is 5.73 Å². The second kappa shape index (κ2) is 4.01. The van der Waals surface area contributed by atoms with E-state index in [0.29, 0.717) is 17.5 Å². The fraction of sp³-hybridized carbons (Fsp3) is 0.500. The van der Waals surface area contributed by atoms with E-state index in [1.165, 1.54) is 0 Å². The van der Waals surface area contributed by atoms with E-state index in [1.54, 1.807) is 0 Å². The molecule has 1 saturated carbocycles. The summed E-state index contributed by atoms with van der Waals surface area (Å²) in [6.07, 6.45) is 2.71. The van der Waals surface area contributed by atoms with E-state index in [0.717, 1.165) is 18.6 Å². The fourth-order valence-electron chi connectivity index (χ4n) is 1.36. The van der Waals surface area contributed by atoms with E-state index in [4.69, 9.17) is 15.2 Å². The molecule has 1 aromatic rings. The molecule has 0 aromatic heterocycles. The van der Waals surface area contributed by atoms with Crippen LogP contribution >= 0.6 is 0 Å². The number of anilines is 1. The van der Waals surface area contributed by atoms with Crippen molar-refractivity contribution < 1.29 is 9.47 Å². The Bertz CT molecular complexity index is 345. The largest absolute Gasteiger partial charge is 0.487 e. The molecular formula is C12H17NO2. The van der Waals surface area contributed by atoms with Crippen LogP contribution in [0.3, 0.4) is 0 Å². The zero-order valence-electron chi connectivity index (χ0n) is 9.19. The number of para-hydroxylation sites is 1. The molecule has 0 spiro atoms. The summed E-state index contributed by atoms with van der Waals surface area (Å²) in [5, 5.41) is 0. The van der Waals surface area contributed by atoms with Crippen LogP contribution < -0.4 is 15.2 Å². The van der Waals surface area contributed by atoms with Crippen LogP contribution in [0.15, 0.2) is 18.2 Å². The average Bonchev–Trinajstić information content (AvgIpc) is 2.94. The second-order valence-corrected chi connectivity index (χ2v) is 4.16. The molecule has 0 aliphatic heterocycles. The Hall–Kier alpha value is -1.38. The minimum absolute atomic E-state index is 0.133. The molecule has 3 heteroatoms. The average molecular weight is 207 g/mol. The van der Waals surface area contributed by atoms with E-state index >= 15 is 0 Å². The molecule has 0 heterocycles. The number of nitrogens with two attached hydrogens (primary N) is 1. The van der Waals surface area contributed by atoms with Crippen molar-refractivity contribution in [3.63, 3.8) is 0 Å². The molecule has 3 nitrogen and oxygen atoms in total. The highest BCUT2D eigenvalue weighted by Crippen LogP contribution is 2.38. The molecule has 82 valence electrons. The van der Waals surface area contributed by atoms with Crippen LogP contribution in [0.5, 0.6) is 11.5 Å². The number of hydrogen-bond acceptors (Lipinski definition) is 3. The Morgan fingerprint density at radius 2 is 2.07 bits per heavy atom. The Labute approximate surface area is 90.2 Å². The van der Waals surface area contributed by atoms with Gasteiger partial charge in [-0.05, 0) is 38.8 Å². The number of ether oxygens (including phenoxy) is 2. The molecule has 2 rings (SSSR count). The summed E-state index contributed by atoms with van der Waals surface area (Å²) < 4.78 is 11.4. The van der Waals surface area contributed by atoms with E-state index in [1.807, 2.05) is 32.0 Å². The molecule has 0 bridgehead atoms. The summed E-state index contributed by atoms with van der Waals surface area (Å²) >= 11 is 0. The van der Waals surface area contributed by atoms with Gasteiger partial charge in [-0.15, -0.1) is 0 Å². The normalized spacial score (nSPS) is 15.4. The van der Waals surface area contributed by atoms with Gasteiger partial charge in [-0.3, -0.25) is 0 Å². The number of nitrogen functional groups attached to an aromatic ring is 1. The van der Waals surface area contributed by atoms with Gasteiger partial charge in [0.25, 0.3) is 0 Å². The molecule has 1 aliphatic rings. The minimum atomic E-state index is 0.133. The first-order chi connectivity index (χ1) is 7.16. The van der Waals surface area contributed by atoms with Crippen molar-refractivity contribution >= 4 is 5.69 Å². The predicted molar refractivity (Wildman–Crippen MR) is 60.3 cm³/mol. The van der Waals surface area contributed by atoms with Crippen LogP contribution in [-0.4, -0.2) is 12.2 Å². The zero-order valence-corrected chi connectivity index (χ0v) is 9.19.